The van der Waals surface area contributed by atoms with Gasteiger partial charge in [0.25, 0.3) is 0 Å². The first-order valence-corrected chi connectivity index (χ1v) is 8.06. The molecule has 0 saturated heterocycles. The summed E-state index contributed by atoms with van der Waals surface area (Å²) in [7, 11) is 0. The average molecular weight is 297 g/mol. The van der Waals surface area contributed by atoms with Gasteiger partial charge < -0.3 is 5.73 Å². The van der Waals surface area contributed by atoms with Crippen molar-refractivity contribution in [3.63, 3.8) is 0 Å². The highest BCUT2D eigenvalue weighted by atomic mass is 14.5. The Morgan fingerprint density at radius 2 is 1.82 bits per heavy atom. The summed E-state index contributed by atoms with van der Waals surface area (Å²) >= 11 is 0. The maximum Gasteiger partial charge on any atom is -0.00367 e. The maximum atomic E-state index is 5.61. The normalized spacial score (nSPS) is 10.5. The van der Waals surface area contributed by atoms with Crippen molar-refractivity contribution in [2.45, 2.75) is 40.0 Å². The minimum absolute atomic E-state index is 0.678. The van der Waals surface area contributed by atoms with Crippen LogP contribution in [0, 0.1) is 0 Å². The average Bonchev–Trinajstić information content (AvgIpc) is 2.53. The van der Waals surface area contributed by atoms with E-state index in [0.29, 0.717) is 6.54 Å². The molecule has 2 N–H and O–H groups in total. The standard InChI is InChI=1S/C18H23N.C3H8/c1-5-8-16(6-2)14(4)18-10-9-15(11-12-19)13-17(18)7-3;1-3-2/h5-6,8-10,13H,1-2,4,7,11-12,19H2,3H3;3H2,1-2H3/b16-8+;. The third-order valence-electron chi connectivity index (χ3n) is 3.17. The molecular weight excluding hydrogens is 266 g/mol. The molecule has 0 aliphatic rings. The van der Waals surface area contributed by atoms with Crippen molar-refractivity contribution in [3.8, 4) is 0 Å². The number of benzene rings is 1. The Morgan fingerprint density at radius 3 is 2.27 bits per heavy atom. The molecular formula is C21H31N. The van der Waals surface area contributed by atoms with Gasteiger partial charge in [-0.3, -0.25) is 0 Å². The lowest BCUT2D eigenvalue weighted by atomic mass is 9.91. The van der Waals surface area contributed by atoms with Crippen LogP contribution in [0.25, 0.3) is 5.57 Å². The number of rotatable bonds is 7. The predicted molar refractivity (Wildman–Crippen MR) is 102 cm³/mol. The molecule has 1 aromatic carbocycles. The summed E-state index contributed by atoms with van der Waals surface area (Å²) in [5.41, 5.74) is 11.4. The van der Waals surface area contributed by atoms with Gasteiger partial charge in [0.05, 0.1) is 0 Å². The molecule has 1 rings (SSSR count). The van der Waals surface area contributed by atoms with Crippen molar-refractivity contribution in [2.24, 2.45) is 5.73 Å². The van der Waals surface area contributed by atoms with E-state index in [1.165, 1.54) is 23.1 Å². The van der Waals surface area contributed by atoms with E-state index in [4.69, 9.17) is 5.73 Å². The minimum atomic E-state index is 0.678. The molecule has 0 radical (unpaired) electrons. The van der Waals surface area contributed by atoms with Crippen molar-refractivity contribution in [1.29, 1.82) is 0 Å². The first-order chi connectivity index (χ1) is 10.6. The van der Waals surface area contributed by atoms with Crippen LogP contribution < -0.4 is 5.73 Å². The molecule has 0 bridgehead atoms. The van der Waals surface area contributed by atoms with Crippen LogP contribution in [-0.2, 0) is 12.8 Å². The first-order valence-electron chi connectivity index (χ1n) is 8.06. The topological polar surface area (TPSA) is 26.0 Å². The summed E-state index contributed by atoms with van der Waals surface area (Å²) in [5, 5.41) is 0. The molecule has 1 heteroatoms. The zero-order chi connectivity index (χ0) is 17.0. The predicted octanol–water partition coefficient (Wildman–Crippen LogP) is 5.48. The molecule has 0 unspecified atom stereocenters. The van der Waals surface area contributed by atoms with Crippen LogP contribution in [0.5, 0.6) is 0 Å². The van der Waals surface area contributed by atoms with E-state index in [1.54, 1.807) is 6.08 Å². The monoisotopic (exact) mass is 297 g/mol. The minimum Gasteiger partial charge on any atom is -0.330 e. The highest BCUT2D eigenvalue weighted by Gasteiger charge is 2.08. The van der Waals surface area contributed by atoms with Gasteiger partial charge >= 0.3 is 0 Å². The molecule has 22 heavy (non-hydrogen) atoms. The number of hydrogen-bond donors (Lipinski definition) is 1. The third kappa shape index (κ3) is 6.28. The number of hydrogen-bond acceptors (Lipinski definition) is 1. The Morgan fingerprint density at radius 1 is 1.18 bits per heavy atom. The molecule has 0 aromatic heterocycles. The third-order valence-corrected chi connectivity index (χ3v) is 3.17. The summed E-state index contributed by atoms with van der Waals surface area (Å²) in [5.74, 6) is 0. The van der Waals surface area contributed by atoms with Crippen molar-refractivity contribution < 1.29 is 0 Å². The van der Waals surface area contributed by atoms with E-state index < -0.39 is 0 Å². The molecule has 0 saturated carbocycles. The fourth-order valence-corrected chi connectivity index (χ4v) is 2.13. The molecule has 0 aliphatic carbocycles. The molecule has 120 valence electrons. The molecule has 0 fully saturated rings. The molecule has 1 aromatic rings. The number of nitrogens with two attached hydrogens (primary N) is 1. The SMILES string of the molecule is C=C/C=C(\C=C)C(=C)c1ccc(CCN)cc1CC.CCC. The smallest absolute Gasteiger partial charge is 0.00367 e. The van der Waals surface area contributed by atoms with Crippen molar-refractivity contribution in [2.75, 3.05) is 6.54 Å². The quantitative estimate of drug-likeness (QED) is 0.663. The van der Waals surface area contributed by atoms with Gasteiger partial charge in [-0.2, -0.15) is 0 Å². The first kappa shape index (κ1) is 20.1. The number of aryl methyl sites for hydroxylation is 1. The van der Waals surface area contributed by atoms with E-state index in [1.807, 2.05) is 12.2 Å². The lowest BCUT2D eigenvalue weighted by molar-refractivity contribution is 0.961. The van der Waals surface area contributed by atoms with Crippen LogP contribution in [0.15, 0.2) is 61.7 Å². The second kappa shape index (κ2) is 11.8. The van der Waals surface area contributed by atoms with Gasteiger partial charge in [-0.1, -0.05) is 83.4 Å². The van der Waals surface area contributed by atoms with Gasteiger partial charge in [0.1, 0.15) is 0 Å². The van der Waals surface area contributed by atoms with Crippen LogP contribution in [0.1, 0.15) is 43.9 Å². The second-order valence-electron chi connectivity index (χ2n) is 5.13. The Bertz CT molecular complexity index is 521. The second-order valence-corrected chi connectivity index (χ2v) is 5.13. The fraction of sp³-hybridized carbons (Fsp3) is 0.333. The van der Waals surface area contributed by atoms with Crippen LogP contribution in [-0.4, -0.2) is 6.54 Å². The summed E-state index contributed by atoms with van der Waals surface area (Å²) < 4.78 is 0. The van der Waals surface area contributed by atoms with Gasteiger partial charge in [-0.15, -0.1) is 0 Å². The molecule has 1 nitrogen and oxygen atoms in total. The van der Waals surface area contributed by atoms with E-state index in [0.717, 1.165) is 24.0 Å². The highest BCUT2D eigenvalue weighted by molar-refractivity contribution is 5.82. The lowest BCUT2D eigenvalue weighted by Gasteiger charge is -2.13. The van der Waals surface area contributed by atoms with E-state index in [9.17, 15) is 0 Å². The van der Waals surface area contributed by atoms with Crippen LogP contribution >= 0.6 is 0 Å². The molecule has 0 atom stereocenters. The van der Waals surface area contributed by atoms with E-state index in [2.05, 4.69) is 58.7 Å². The summed E-state index contributed by atoms with van der Waals surface area (Å²) in [6, 6.07) is 6.48. The van der Waals surface area contributed by atoms with Crippen LogP contribution in [0.2, 0.25) is 0 Å². The van der Waals surface area contributed by atoms with Crippen LogP contribution in [0.4, 0.5) is 0 Å². The Labute approximate surface area is 136 Å². The molecule has 0 amide bonds. The lowest BCUT2D eigenvalue weighted by Crippen LogP contribution is -2.04. The van der Waals surface area contributed by atoms with E-state index in [-0.39, 0.29) is 0 Å². The van der Waals surface area contributed by atoms with Gasteiger partial charge in [0.2, 0.25) is 0 Å². The van der Waals surface area contributed by atoms with Crippen molar-refractivity contribution in [1.82, 2.24) is 0 Å². The van der Waals surface area contributed by atoms with E-state index >= 15 is 0 Å². The summed E-state index contributed by atoms with van der Waals surface area (Å²) in [4.78, 5) is 0. The summed E-state index contributed by atoms with van der Waals surface area (Å²) in [6.07, 6.45) is 8.65. The Balaban J connectivity index is 0.00000135. The van der Waals surface area contributed by atoms with Gasteiger partial charge in [-0.05, 0) is 47.2 Å². The van der Waals surface area contributed by atoms with Crippen LogP contribution in [0.3, 0.4) is 0 Å². The summed E-state index contributed by atoms with van der Waals surface area (Å²) in [6.45, 7) is 18.8. The van der Waals surface area contributed by atoms with Crippen molar-refractivity contribution in [3.05, 3.63) is 78.4 Å². The zero-order valence-corrected chi connectivity index (χ0v) is 14.5. The maximum absolute atomic E-state index is 5.61. The molecule has 0 aliphatic heterocycles. The number of allylic oxidation sites excluding steroid dienone is 5. The van der Waals surface area contributed by atoms with Crippen molar-refractivity contribution >= 4 is 5.57 Å². The van der Waals surface area contributed by atoms with Gasteiger partial charge in [0.15, 0.2) is 0 Å². The fourth-order valence-electron chi connectivity index (χ4n) is 2.13. The van der Waals surface area contributed by atoms with Gasteiger partial charge in [-0.25, -0.2) is 0 Å². The Hall–Kier alpha value is -1.86. The van der Waals surface area contributed by atoms with Gasteiger partial charge in [0, 0.05) is 0 Å². The molecule has 0 spiro atoms. The molecule has 0 heterocycles. The zero-order valence-electron chi connectivity index (χ0n) is 14.5. The largest absolute Gasteiger partial charge is 0.330 e. The Kier molecular flexibility index (Phi) is 10.8. The highest BCUT2D eigenvalue weighted by Crippen LogP contribution is 2.26.